The largest absolute Gasteiger partial charge is 0.237 e. The Morgan fingerprint density at radius 3 is 2.37 bits per heavy atom. The van der Waals surface area contributed by atoms with Gasteiger partial charge in [-0.2, -0.15) is 0 Å². The average molecular weight is 313 g/mol. The quantitative estimate of drug-likeness (QED) is 0.590. The predicted octanol–water partition coefficient (Wildman–Crippen LogP) is 4.95. The van der Waals surface area contributed by atoms with Crippen LogP contribution in [-0.2, 0) is 12.2 Å². The molecule has 100 valence electrons. The minimum Gasteiger partial charge on any atom is -0.237 e. The van der Waals surface area contributed by atoms with Gasteiger partial charge in [-0.25, -0.2) is 9.97 Å². The van der Waals surface area contributed by atoms with Crippen molar-refractivity contribution in [2.45, 2.75) is 30.9 Å². The van der Waals surface area contributed by atoms with E-state index in [1.165, 1.54) is 0 Å². The van der Waals surface area contributed by atoms with Gasteiger partial charge in [0, 0.05) is 21.2 Å². The summed E-state index contributed by atoms with van der Waals surface area (Å²) in [5.41, 5.74) is 2.00. The predicted molar refractivity (Wildman–Crippen MR) is 82.2 cm³/mol. The number of thioether (sulfide) groups is 1. The Kier molecular flexibility index (Phi) is 5.08. The molecule has 0 bridgehead atoms. The molecule has 0 aliphatic rings. The number of aromatic nitrogens is 2. The Hall–Kier alpha value is -0.770. The van der Waals surface area contributed by atoms with Crippen molar-refractivity contribution in [1.82, 2.24) is 9.97 Å². The minimum absolute atomic E-state index is 0.571. The second-order valence-electron chi connectivity index (χ2n) is 4.09. The molecule has 0 radical (unpaired) electrons. The van der Waals surface area contributed by atoms with Gasteiger partial charge >= 0.3 is 0 Å². The van der Waals surface area contributed by atoms with E-state index in [4.69, 9.17) is 23.2 Å². The molecule has 0 amide bonds. The molecule has 19 heavy (non-hydrogen) atoms. The summed E-state index contributed by atoms with van der Waals surface area (Å²) in [4.78, 5) is 9.98. The highest BCUT2D eigenvalue weighted by molar-refractivity contribution is 7.98. The van der Waals surface area contributed by atoms with Gasteiger partial charge in [0.15, 0.2) is 0 Å². The first-order valence-corrected chi connectivity index (χ1v) is 7.74. The molecule has 5 heteroatoms. The Balaban J connectivity index is 2.09. The maximum Gasteiger partial charge on any atom is 0.140 e. The van der Waals surface area contributed by atoms with Crippen molar-refractivity contribution >= 4 is 35.0 Å². The van der Waals surface area contributed by atoms with Gasteiger partial charge in [-0.3, -0.25) is 0 Å². The van der Waals surface area contributed by atoms with Crippen LogP contribution in [0, 0.1) is 6.92 Å². The highest BCUT2D eigenvalue weighted by atomic mass is 35.5. The van der Waals surface area contributed by atoms with Crippen molar-refractivity contribution in [3.05, 3.63) is 51.5 Å². The third-order valence-corrected chi connectivity index (χ3v) is 4.32. The Bertz CT molecular complexity index is 547. The highest BCUT2D eigenvalue weighted by Gasteiger charge is 2.08. The lowest BCUT2D eigenvalue weighted by Crippen LogP contribution is -2.01. The van der Waals surface area contributed by atoms with Crippen molar-refractivity contribution in [3.8, 4) is 0 Å². The zero-order chi connectivity index (χ0) is 13.8. The van der Waals surface area contributed by atoms with E-state index in [-0.39, 0.29) is 0 Å². The van der Waals surface area contributed by atoms with Crippen LogP contribution in [0.4, 0.5) is 0 Å². The summed E-state index contributed by atoms with van der Waals surface area (Å²) in [7, 11) is 0. The number of benzene rings is 1. The van der Waals surface area contributed by atoms with Gasteiger partial charge in [0.05, 0.1) is 5.75 Å². The van der Waals surface area contributed by atoms with Crippen LogP contribution in [0.25, 0.3) is 0 Å². The molecule has 0 saturated heterocycles. The van der Waals surface area contributed by atoms with E-state index >= 15 is 0 Å². The topological polar surface area (TPSA) is 25.8 Å². The molecule has 0 fully saturated rings. The van der Waals surface area contributed by atoms with Crippen LogP contribution < -0.4 is 0 Å². The van der Waals surface area contributed by atoms with Crippen LogP contribution >= 0.6 is 35.0 Å². The van der Waals surface area contributed by atoms with Crippen molar-refractivity contribution in [3.63, 3.8) is 0 Å². The first kappa shape index (κ1) is 14.6. The van der Waals surface area contributed by atoms with Crippen LogP contribution in [0.15, 0.2) is 29.2 Å². The molecule has 0 saturated carbocycles. The zero-order valence-corrected chi connectivity index (χ0v) is 13.1. The summed E-state index contributed by atoms with van der Waals surface area (Å²) < 4.78 is 0. The normalized spacial score (nSPS) is 10.7. The van der Waals surface area contributed by atoms with E-state index in [9.17, 15) is 0 Å². The lowest BCUT2D eigenvalue weighted by molar-refractivity contribution is 0.938. The molecular weight excluding hydrogens is 299 g/mol. The van der Waals surface area contributed by atoms with Crippen molar-refractivity contribution in [2.75, 3.05) is 0 Å². The first-order chi connectivity index (χ1) is 9.10. The lowest BCUT2D eigenvalue weighted by Gasteiger charge is -2.07. The molecule has 0 aliphatic heterocycles. The van der Waals surface area contributed by atoms with Gasteiger partial charge < -0.3 is 0 Å². The lowest BCUT2D eigenvalue weighted by atomic mass is 10.2. The fraction of sp³-hybridized carbons (Fsp3) is 0.286. The van der Waals surface area contributed by atoms with E-state index in [0.29, 0.717) is 10.9 Å². The summed E-state index contributed by atoms with van der Waals surface area (Å²) in [6.45, 7) is 4.03. The number of hydrogen-bond acceptors (Lipinski definition) is 3. The maximum absolute atomic E-state index is 6.16. The fourth-order valence-corrected chi connectivity index (χ4v) is 3.01. The maximum atomic E-state index is 6.16. The molecule has 0 aliphatic carbocycles. The van der Waals surface area contributed by atoms with Crippen LogP contribution in [-0.4, -0.2) is 9.97 Å². The third-order valence-electron chi connectivity index (χ3n) is 2.74. The molecule has 1 aromatic carbocycles. The summed E-state index contributed by atoms with van der Waals surface area (Å²) in [5.74, 6) is 1.46. The van der Waals surface area contributed by atoms with Gasteiger partial charge in [-0.15, -0.1) is 11.8 Å². The third kappa shape index (κ3) is 3.85. The number of halogens is 2. The molecule has 0 atom stereocenters. The van der Waals surface area contributed by atoms with Crippen molar-refractivity contribution < 1.29 is 0 Å². The SMILES string of the molecule is CCc1c(C)nc(CSc2ccc(Cl)cc2)nc1Cl. The summed E-state index contributed by atoms with van der Waals surface area (Å²) in [6, 6.07) is 7.73. The second-order valence-corrected chi connectivity index (χ2v) is 5.93. The molecule has 1 aromatic heterocycles. The Morgan fingerprint density at radius 2 is 1.79 bits per heavy atom. The van der Waals surface area contributed by atoms with Crippen molar-refractivity contribution in [2.24, 2.45) is 0 Å². The minimum atomic E-state index is 0.571. The Labute approximate surface area is 127 Å². The first-order valence-electron chi connectivity index (χ1n) is 6.00. The van der Waals surface area contributed by atoms with E-state index in [2.05, 4.69) is 16.9 Å². The summed E-state index contributed by atoms with van der Waals surface area (Å²) >= 11 is 13.7. The Morgan fingerprint density at radius 1 is 1.11 bits per heavy atom. The zero-order valence-electron chi connectivity index (χ0n) is 10.8. The van der Waals surface area contributed by atoms with Crippen LogP contribution in [0.2, 0.25) is 10.2 Å². The van der Waals surface area contributed by atoms with Crippen molar-refractivity contribution in [1.29, 1.82) is 0 Å². The standard InChI is InChI=1S/C14H14Cl2N2S/c1-3-12-9(2)17-13(18-14(12)16)8-19-11-6-4-10(15)5-7-11/h4-7H,3,8H2,1-2H3. The van der Waals surface area contributed by atoms with Crippen LogP contribution in [0.5, 0.6) is 0 Å². The van der Waals surface area contributed by atoms with Gasteiger partial charge in [0.25, 0.3) is 0 Å². The van der Waals surface area contributed by atoms with Gasteiger partial charge in [0.2, 0.25) is 0 Å². The fourth-order valence-electron chi connectivity index (χ4n) is 1.76. The van der Waals surface area contributed by atoms with Crippen LogP contribution in [0.1, 0.15) is 24.0 Å². The van der Waals surface area contributed by atoms with E-state index in [1.54, 1.807) is 11.8 Å². The average Bonchev–Trinajstić information content (AvgIpc) is 2.38. The summed E-state index contributed by atoms with van der Waals surface area (Å²) in [6.07, 6.45) is 0.856. The number of hydrogen-bond donors (Lipinski definition) is 0. The summed E-state index contributed by atoms with van der Waals surface area (Å²) in [5, 5.41) is 1.31. The number of nitrogens with zero attached hydrogens (tertiary/aromatic N) is 2. The van der Waals surface area contributed by atoms with Gasteiger partial charge in [0.1, 0.15) is 11.0 Å². The molecule has 0 N–H and O–H groups in total. The molecule has 2 nitrogen and oxygen atoms in total. The van der Waals surface area contributed by atoms with E-state index in [1.807, 2.05) is 31.2 Å². The van der Waals surface area contributed by atoms with E-state index in [0.717, 1.165) is 33.4 Å². The molecule has 2 aromatic rings. The smallest absolute Gasteiger partial charge is 0.140 e. The number of rotatable bonds is 4. The van der Waals surface area contributed by atoms with Crippen LogP contribution in [0.3, 0.4) is 0 Å². The monoisotopic (exact) mass is 312 g/mol. The van der Waals surface area contributed by atoms with E-state index < -0.39 is 0 Å². The highest BCUT2D eigenvalue weighted by Crippen LogP contribution is 2.24. The van der Waals surface area contributed by atoms with Gasteiger partial charge in [-0.05, 0) is 37.6 Å². The molecule has 0 spiro atoms. The van der Waals surface area contributed by atoms with Gasteiger partial charge in [-0.1, -0.05) is 30.1 Å². The number of aryl methyl sites for hydroxylation is 1. The molecule has 0 unspecified atom stereocenters. The molecule has 1 heterocycles. The molecular formula is C14H14Cl2N2S. The molecule has 2 rings (SSSR count). The second kappa shape index (κ2) is 6.60.